The highest BCUT2D eigenvalue weighted by atomic mass is 16.4. The molecule has 0 aliphatic rings. The maximum absolute atomic E-state index is 11.0. The number of rotatable bonds is 6. The van der Waals surface area contributed by atoms with Crippen LogP contribution in [0.25, 0.3) is 0 Å². The van der Waals surface area contributed by atoms with E-state index in [1.807, 2.05) is 0 Å². The molecular weight excluding hydrogens is 188 g/mol. The maximum Gasteiger partial charge on any atom is 0.326 e. The number of amides is 1. The molecule has 0 heterocycles. The summed E-state index contributed by atoms with van der Waals surface area (Å²) < 4.78 is 0. The van der Waals surface area contributed by atoms with E-state index in [0.29, 0.717) is 13.0 Å². The van der Waals surface area contributed by atoms with Crippen molar-refractivity contribution in [1.29, 1.82) is 0 Å². The van der Waals surface area contributed by atoms with E-state index in [2.05, 4.69) is 5.32 Å². The first kappa shape index (κ1) is 12.9. The van der Waals surface area contributed by atoms with Crippen molar-refractivity contribution in [1.82, 2.24) is 5.32 Å². The SMILES string of the molecule is CC(O)C(=O)NC(CCCN)C(=O)O. The smallest absolute Gasteiger partial charge is 0.326 e. The quantitative estimate of drug-likeness (QED) is 0.428. The van der Waals surface area contributed by atoms with Crippen LogP contribution in [0, 0.1) is 0 Å². The van der Waals surface area contributed by atoms with Crippen molar-refractivity contribution in [3.8, 4) is 0 Å². The lowest BCUT2D eigenvalue weighted by Gasteiger charge is -2.14. The van der Waals surface area contributed by atoms with Crippen molar-refractivity contribution in [2.45, 2.75) is 31.9 Å². The molecule has 82 valence electrons. The highest BCUT2D eigenvalue weighted by Gasteiger charge is 2.20. The molecule has 1 amide bonds. The molecule has 0 aliphatic carbocycles. The number of aliphatic hydroxyl groups excluding tert-OH is 1. The lowest BCUT2D eigenvalue weighted by Crippen LogP contribution is -2.44. The van der Waals surface area contributed by atoms with Gasteiger partial charge >= 0.3 is 5.97 Å². The van der Waals surface area contributed by atoms with E-state index < -0.39 is 24.0 Å². The molecule has 0 aromatic rings. The zero-order chi connectivity index (χ0) is 11.1. The van der Waals surface area contributed by atoms with Crippen LogP contribution in [0.3, 0.4) is 0 Å². The Labute approximate surface area is 82.1 Å². The summed E-state index contributed by atoms with van der Waals surface area (Å²) >= 11 is 0. The van der Waals surface area contributed by atoms with Crippen LogP contribution in [0.15, 0.2) is 0 Å². The second kappa shape index (κ2) is 6.33. The fourth-order valence-electron chi connectivity index (χ4n) is 0.872. The van der Waals surface area contributed by atoms with E-state index in [1.165, 1.54) is 6.92 Å². The summed E-state index contributed by atoms with van der Waals surface area (Å²) in [7, 11) is 0. The van der Waals surface area contributed by atoms with Crippen LogP contribution in [0.1, 0.15) is 19.8 Å². The first-order valence-electron chi connectivity index (χ1n) is 4.40. The number of aliphatic carboxylic acids is 1. The Bertz CT molecular complexity index is 206. The molecule has 0 saturated carbocycles. The van der Waals surface area contributed by atoms with E-state index in [-0.39, 0.29) is 6.42 Å². The fraction of sp³-hybridized carbons (Fsp3) is 0.750. The predicted octanol–water partition coefficient (Wildman–Crippen LogP) is -1.32. The van der Waals surface area contributed by atoms with E-state index in [0.717, 1.165) is 0 Å². The molecule has 0 aromatic carbocycles. The van der Waals surface area contributed by atoms with Gasteiger partial charge in [-0.05, 0) is 26.3 Å². The predicted molar refractivity (Wildman–Crippen MR) is 49.5 cm³/mol. The Hall–Kier alpha value is -1.14. The molecule has 0 rings (SSSR count). The molecule has 2 unspecified atom stereocenters. The van der Waals surface area contributed by atoms with Crippen LogP contribution in [0.4, 0.5) is 0 Å². The standard InChI is InChI=1S/C8H16N2O4/c1-5(11)7(12)10-6(8(13)14)3-2-4-9/h5-6,11H,2-4,9H2,1H3,(H,10,12)(H,13,14). The number of hydrogen-bond acceptors (Lipinski definition) is 4. The largest absolute Gasteiger partial charge is 0.480 e. The third kappa shape index (κ3) is 4.78. The van der Waals surface area contributed by atoms with Gasteiger partial charge in [0.1, 0.15) is 12.1 Å². The molecule has 6 heteroatoms. The molecule has 0 spiro atoms. The summed E-state index contributed by atoms with van der Waals surface area (Å²) in [6.07, 6.45) is -0.420. The summed E-state index contributed by atoms with van der Waals surface area (Å²) in [6, 6.07) is -0.972. The van der Waals surface area contributed by atoms with E-state index in [4.69, 9.17) is 15.9 Å². The maximum atomic E-state index is 11.0. The fourth-order valence-corrected chi connectivity index (χ4v) is 0.872. The molecule has 5 N–H and O–H groups in total. The molecule has 0 saturated heterocycles. The minimum atomic E-state index is -1.20. The van der Waals surface area contributed by atoms with Gasteiger partial charge in [-0.3, -0.25) is 4.79 Å². The summed E-state index contributed by atoms with van der Waals surface area (Å²) in [6.45, 7) is 1.64. The molecular formula is C8H16N2O4. The number of hydrogen-bond donors (Lipinski definition) is 4. The minimum absolute atomic E-state index is 0.268. The van der Waals surface area contributed by atoms with Gasteiger partial charge in [-0.25, -0.2) is 4.79 Å². The average molecular weight is 204 g/mol. The van der Waals surface area contributed by atoms with Gasteiger partial charge in [0.25, 0.3) is 0 Å². The Morgan fingerprint density at radius 1 is 1.50 bits per heavy atom. The Morgan fingerprint density at radius 3 is 2.43 bits per heavy atom. The zero-order valence-corrected chi connectivity index (χ0v) is 8.06. The lowest BCUT2D eigenvalue weighted by molar-refractivity contribution is -0.143. The van der Waals surface area contributed by atoms with Gasteiger partial charge in [0.15, 0.2) is 0 Å². The van der Waals surface area contributed by atoms with E-state index in [9.17, 15) is 9.59 Å². The summed E-state index contributed by atoms with van der Waals surface area (Å²) in [5.41, 5.74) is 5.21. The second-order valence-corrected chi connectivity index (χ2v) is 3.01. The second-order valence-electron chi connectivity index (χ2n) is 3.01. The first-order chi connectivity index (χ1) is 6.49. The highest BCUT2D eigenvalue weighted by molar-refractivity contribution is 5.85. The number of nitrogens with one attached hydrogen (secondary N) is 1. The van der Waals surface area contributed by atoms with Crippen LogP contribution < -0.4 is 11.1 Å². The Morgan fingerprint density at radius 2 is 2.07 bits per heavy atom. The number of carboxylic acid groups (broad SMARTS) is 1. The highest BCUT2D eigenvalue weighted by Crippen LogP contribution is 1.97. The van der Waals surface area contributed by atoms with E-state index in [1.54, 1.807) is 0 Å². The number of aliphatic hydroxyl groups is 1. The Balaban J connectivity index is 4.09. The summed E-state index contributed by atoms with van der Waals surface area (Å²) in [5.74, 6) is -1.80. The molecule has 0 aromatic heterocycles. The lowest BCUT2D eigenvalue weighted by atomic mass is 10.1. The topological polar surface area (TPSA) is 113 Å². The van der Waals surface area contributed by atoms with Gasteiger partial charge in [0.2, 0.25) is 5.91 Å². The van der Waals surface area contributed by atoms with Gasteiger partial charge < -0.3 is 21.3 Å². The molecule has 0 aliphatic heterocycles. The van der Waals surface area contributed by atoms with Crippen molar-refractivity contribution < 1.29 is 19.8 Å². The molecule has 2 atom stereocenters. The molecule has 0 fully saturated rings. The normalized spacial score (nSPS) is 14.5. The van der Waals surface area contributed by atoms with Crippen molar-refractivity contribution in [3.63, 3.8) is 0 Å². The molecule has 14 heavy (non-hydrogen) atoms. The van der Waals surface area contributed by atoms with Gasteiger partial charge in [0.05, 0.1) is 0 Å². The molecule has 6 nitrogen and oxygen atoms in total. The van der Waals surface area contributed by atoms with Crippen molar-refractivity contribution >= 4 is 11.9 Å². The van der Waals surface area contributed by atoms with Crippen molar-refractivity contribution in [3.05, 3.63) is 0 Å². The third-order valence-electron chi connectivity index (χ3n) is 1.69. The number of nitrogens with two attached hydrogens (primary N) is 1. The van der Waals surface area contributed by atoms with Gasteiger partial charge in [-0.1, -0.05) is 0 Å². The van der Waals surface area contributed by atoms with Gasteiger partial charge in [-0.15, -0.1) is 0 Å². The monoisotopic (exact) mass is 204 g/mol. The Kier molecular flexibility index (Phi) is 5.82. The third-order valence-corrected chi connectivity index (χ3v) is 1.69. The van der Waals surface area contributed by atoms with Crippen LogP contribution in [0.5, 0.6) is 0 Å². The number of carbonyl (C=O) groups is 2. The molecule has 0 radical (unpaired) electrons. The first-order valence-corrected chi connectivity index (χ1v) is 4.40. The van der Waals surface area contributed by atoms with Crippen molar-refractivity contribution in [2.75, 3.05) is 6.54 Å². The average Bonchev–Trinajstić information content (AvgIpc) is 2.10. The molecule has 0 bridgehead atoms. The summed E-state index contributed by atoms with van der Waals surface area (Å²) in [5, 5.41) is 19.7. The summed E-state index contributed by atoms with van der Waals surface area (Å²) in [4.78, 5) is 21.6. The van der Waals surface area contributed by atoms with E-state index >= 15 is 0 Å². The van der Waals surface area contributed by atoms with Crippen molar-refractivity contribution in [2.24, 2.45) is 5.73 Å². The minimum Gasteiger partial charge on any atom is -0.480 e. The van der Waals surface area contributed by atoms with Crippen LogP contribution >= 0.6 is 0 Å². The van der Waals surface area contributed by atoms with Crippen LogP contribution in [-0.4, -0.2) is 40.8 Å². The number of carboxylic acids is 1. The van der Waals surface area contributed by atoms with Gasteiger partial charge in [-0.2, -0.15) is 0 Å². The number of carbonyl (C=O) groups excluding carboxylic acids is 1. The zero-order valence-electron chi connectivity index (χ0n) is 8.06. The van der Waals surface area contributed by atoms with Gasteiger partial charge in [0, 0.05) is 0 Å². The van der Waals surface area contributed by atoms with Crippen LogP contribution in [0.2, 0.25) is 0 Å². The van der Waals surface area contributed by atoms with Crippen LogP contribution in [-0.2, 0) is 9.59 Å².